The predicted molar refractivity (Wildman–Crippen MR) is 74.2 cm³/mol. The van der Waals surface area contributed by atoms with Crippen molar-refractivity contribution in [1.82, 2.24) is 10.6 Å². The molecule has 1 unspecified atom stereocenters. The second-order valence-corrected chi connectivity index (χ2v) is 4.79. The van der Waals surface area contributed by atoms with Crippen molar-refractivity contribution in [1.29, 1.82) is 0 Å². The molecule has 3 N–H and O–H groups in total. The van der Waals surface area contributed by atoms with Gasteiger partial charge in [-0.15, -0.1) is 0 Å². The Morgan fingerprint density at radius 3 is 2.74 bits per heavy atom. The van der Waals surface area contributed by atoms with Crippen molar-refractivity contribution in [2.75, 3.05) is 25.5 Å². The Bertz CT molecular complexity index is 493. The number of amides is 2. The van der Waals surface area contributed by atoms with Crippen molar-refractivity contribution in [3.8, 4) is 0 Å². The van der Waals surface area contributed by atoms with Gasteiger partial charge in [0.25, 0.3) is 5.91 Å². The number of rotatable bonds is 3. The second-order valence-electron chi connectivity index (χ2n) is 4.79. The molecule has 0 saturated carbocycles. The molecule has 2 amide bonds. The van der Waals surface area contributed by atoms with E-state index in [1.807, 2.05) is 6.92 Å². The SMILES string of the molecule is CNC(=O)c1ccc(NC(=O)C2CCNC2)c(C)c1. The molecule has 1 aromatic rings. The number of carbonyl (C=O) groups is 2. The van der Waals surface area contributed by atoms with Crippen LogP contribution in [0.2, 0.25) is 0 Å². The van der Waals surface area contributed by atoms with Gasteiger partial charge in [-0.1, -0.05) is 0 Å². The maximum atomic E-state index is 12.0. The highest BCUT2D eigenvalue weighted by atomic mass is 16.2. The average Bonchev–Trinajstić information content (AvgIpc) is 2.94. The molecular weight excluding hydrogens is 242 g/mol. The van der Waals surface area contributed by atoms with Crippen LogP contribution in [0.4, 0.5) is 5.69 Å². The fourth-order valence-corrected chi connectivity index (χ4v) is 2.20. The second kappa shape index (κ2) is 5.84. The molecular formula is C14H19N3O2. The van der Waals surface area contributed by atoms with Crippen LogP contribution < -0.4 is 16.0 Å². The highest BCUT2D eigenvalue weighted by Gasteiger charge is 2.22. The van der Waals surface area contributed by atoms with Crippen LogP contribution in [0.25, 0.3) is 0 Å². The largest absolute Gasteiger partial charge is 0.355 e. The van der Waals surface area contributed by atoms with Gasteiger partial charge in [0, 0.05) is 24.8 Å². The Hall–Kier alpha value is -1.88. The summed E-state index contributed by atoms with van der Waals surface area (Å²) in [7, 11) is 1.60. The van der Waals surface area contributed by atoms with E-state index < -0.39 is 0 Å². The van der Waals surface area contributed by atoms with Crippen molar-refractivity contribution in [3.63, 3.8) is 0 Å². The van der Waals surface area contributed by atoms with Crippen LogP contribution >= 0.6 is 0 Å². The fourth-order valence-electron chi connectivity index (χ4n) is 2.20. The molecule has 1 aromatic carbocycles. The van der Waals surface area contributed by atoms with E-state index in [4.69, 9.17) is 0 Å². The first-order chi connectivity index (χ1) is 9.11. The van der Waals surface area contributed by atoms with Crippen LogP contribution in [-0.2, 0) is 4.79 Å². The van der Waals surface area contributed by atoms with E-state index in [2.05, 4.69) is 16.0 Å². The molecule has 0 aromatic heterocycles. The molecule has 0 aliphatic carbocycles. The van der Waals surface area contributed by atoms with E-state index in [1.165, 1.54) is 0 Å². The third-order valence-electron chi connectivity index (χ3n) is 3.40. The lowest BCUT2D eigenvalue weighted by molar-refractivity contribution is -0.119. The van der Waals surface area contributed by atoms with Gasteiger partial charge in [0.1, 0.15) is 0 Å². The van der Waals surface area contributed by atoms with Crippen molar-refractivity contribution in [2.24, 2.45) is 5.92 Å². The summed E-state index contributed by atoms with van der Waals surface area (Å²) in [4.78, 5) is 23.5. The Morgan fingerprint density at radius 2 is 2.16 bits per heavy atom. The first-order valence-corrected chi connectivity index (χ1v) is 6.46. The molecule has 0 spiro atoms. The molecule has 102 valence electrons. The normalized spacial score (nSPS) is 18.1. The summed E-state index contributed by atoms with van der Waals surface area (Å²) in [5.74, 6) is -0.0419. The molecule has 1 saturated heterocycles. The van der Waals surface area contributed by atoms with Gasteiger partial charge >= 0.3 is 0 Å². The number of hydrogen-bond donors (Lipinski definition) is 3. The Kier molecular flexibility index (Phi) is 4.16. The first-order valence-electron chi connectivity index (χ1n) is 6.46. The smallest absolute Gasteiger partial charge is 0.251 e. The third kappa shape index (κ3) is 3.12. The fraction of sp³-hybridized carbons (Fsp3) is 0.429. The molecule has 5 nitrogen and oxygen atoms in total. The van der Waals surface area contributed by atoms with Crippen molar-refractivity contribution >= 4 is 17.5 Å². The van der Waals surface area contributed by atoms with Gasteiger partial charge < -0.3 is 16.0 Å². The number of aryl methyl sites for hydroxylation is 1. The van der Waals surface area contributed by atoms with Crippen LogP contribution in [0, 0.1) is 12.8 Å². The van der Waals surface area contributed by atoms with Gasteiger partial charge in [-0.25, -0.2) is 0 Å². The molecule has 0 radical (unpaired) electrons. The zero-order valence-electron chi connectivity index (χ0n) is 11.2. The summed E-state index contributed by atoms with van der Waals surface area (Å²) < 4.78 is 0. The Balaban J connectivity index is 2.08. The number of carbonyl (C=O) groups excluding carboxylic acids is 2. The van der Waals surface area contributed by atoms with Gasteiger partial charge in [-0.2, -0.15) is 0 Å². The summed E-state index contributed by atoms with van der Waals surface area (Å²) in [6.45, 7) is 3.52. The minimum absolute atomic E-state index is 0.0398. The summed E-state index contributed by atoms with van der Waals surface area (Å²) in [5.41, 5.74) is 2.26. The first kappa shape index (κ1) is 13.5. The van der Waals surface area contributed by atoms with Crippen LogP contribution in [0.15, 0.2) is 18.2 Å². The van der Waals surface area contributed by atoms with Crippen LogP contribution in [0.1, 0.15) is 22.3 Å². The maximum absolute atomic E-state index is 12.0. The summed E-state index contributed by atoms with van der Waals surface area (Å²) in [6.07, 6.45) is 0.876. The van der Waals surface area contributed by atoms with E-state index >= 15 is 0 Å². The summed E-state index contributed by atoms with van der Waals surface area (Å²) in [5, 5.41) is 8.68. The highest BCUT2D eigenvalue weighted by Crippen LogP contribution is 2.18. The predicted octanol–water partition coefficient (Wildman–Crippen LogP) is 0.903. The molecule has 1 aliphatic heterocycles. The zero-order chi connectivity index (χ0) is 13.8. The van der Waals surface area contributed by atoms with E-state index in [9.17, 15) is 9.59 Å². The summed E-state index contributed by atoms with van der Waals surface area (Å²) >= 11 is 0. The lowest BCUT2D eigenvalue weighted by atomic mass is 10.1. The number of nitrogens with one attached hydrogen (secondary N) is 3. The Morgan fingerprint density at radius 1 is 1.37 bits per heavy atom. The zero-order valence-corrected chi connectivity index (χ0v) is 11.2. The molecule has 2 rings (SSSR count). The number of anilines is 1. The van der Waals surface area contributed by atoms with Crippen molar-refractivity contribution in [2.45, 2.75) is 13.3 Å². The number of benzene rings is 1. The van der Waals surface area contributed by atoms with Gasteiger partial charge in [-0.05, 0) is 43.7 Å². The Labute approximate surface area is 112 Å². The van der Waals surface area contributed by atoms with Gasteiger partial charge in [0.05, 0.1) is 5.92 Å². The highest BCUT2D eigenvalue weighted by molar-refractivity contribution is 5.97. The molecule has 1 fully saturated rings. The van der Waals surface area contributed by atoms with Gasteiger partial charge in [-0.3, -0.25) is 9.59 Å². The molecule has 1 heterocycles. The molecule has 19 heavy (non-hydrogen) atoms. The quantitative estimate of drug-likeness (QED) is 0.757. The van der Waals surface area contributed by atoms with E-state index in [1.54, 1.807) is 25.2 Å². The third-order valence-corrected chi connectivity index (χ3v) is 3.40. The molecule has 0 bridgehead atoms. The minimum Gasteiger partial charge on any atom is -0.355 e. The molecule has 5 heteroatoms. The molecule has 1 atom stereocenters. The van der Waals surface area contributed by atoms with E-state index in [0.717, 1.165) is 30.8 Å². The van der Waals surface area contributed by atoms with E-state index in [-0.39, 0.29) is 17.7 Å². The van der Waals surface area contributed by atoms with Gasteiger partial charge in [0.15, 0.2) is 0 Å². The lowest BCUT2D eigenvalue weighted by Gasteiger charge is -2.12. The summed E-state index contributed by atoms with van der Waals surface area (Å²) in [6, 6.07) is 5.27. The topological polar surface area (TPSA) is 70.2 Å². The lowest BCUT2D eigenvalue weighted by Crippen LogP contribution is -2.25. The minimum atomic E-state index is -0.124. The standard InChI is InChI=1S/C14H19N3O2/c1-9-7-10(13(18)15-2)3-4-12(9)17-14(19)11-5-6-16-8-11/h3-4,7,11,16H,5-6,8H2,1-2H3,(H,15,18)(H,17,19). The van der Waals surface area contributed by atoms with Crippen LogP contribution in [0.5, 0.6) is 0 Å². The monoisotopic (exact) mass is 261 g/mol. The maximum Gasteiger partial charge on any atom is 0.251 e. The van der Waals surface area contributed by atoms with Crippen LogP contribution in [-0.4, -0.2) is 32.0 Å². The van der Waals surface area contributed by atoms with Crippen LogP contribution in [0.3, 0.4) is 0 Å². The van der Waals surface area contributed by atoms with Crippen molar-refractivity contribution in [3.05, 3.63) is 29.3 Å². The molecule has 1 aliphatic rings. The number of hydrogen-bond acceptors (Lipinski definition) is 3. The van der Waals surface area contributed by atoms with Crippen molar-refractivity contribution < 1.29 is 9.59 Å². The van der Waals surface area contributed by atoms with Gasteiger partial charge in [0.2, 0.25) is 5.91 Å². The van der Waals surface area contributed by atoms with E-state index in [0.29, 0.717) is 5.56 Å². The average molecular weight is 261 g/mol.